The second-order valence-corrected chi connectivity index (χ2v) is 8.20. The number of nitrogens with one attached hydrogen (secondary N) is 1. The Balaban J connectivity index is 1.53. The summed E-state index contributed by atoms with van der Waals surface area (Å²) in [6.07, 6.45) is 1.11. The molecule has 2 aromatic rings. The lowest BCUT2D eigenvalue weighted by Crippen LogP contribution is -2.51. The van der Waals surface area contributed by atoms with Crippen LogP contribution in [-0.2, 0) is 9.53 Å². The maximum Gasteiger partial charge on any atom is 0.264 e. The van der Waals surface area contributed by atoms with Crippen LogP contribution in [0.25, 0.3) is 0 Å². The van der Waals surface area contributed by atoms with Gasteiger partial charge in [0.1, 0.15) is 12.7 Å². The zero-order valence-corrected chi connectivity index (χ0v) is 18.5. The number of anilines is 1. The molecule has 5 rings (SSSR count). The fraction of sp³-hybridized carbons (Fsp3) is 0.375. The summed E-state index contributed by atoms with van der Waals surface area (Å²) in [5, 5.41) is 2.87. The van der Waals surface area contributed by atoms with E-state index in [2.05, 4.69) is 5.32 Å². The van der Waals surface area contributed by atoms with Crippen LogP contribution in [0.1, 0.15) is 45.3 Å². The molecule has 9 heteroatoms. The summed E-state index contributed by atoms with van der Waals surface area (Å²) in [7, 11) is 2.97. The lowest BCUT2D eigenvalue weighted by atomic mass is 10.0. The van der Waals surface area contributed by atoms with Crippen molar-refractivity contribution in [1.82, 2.24) is 10.2 Å². The Bertz CT molecular complexity index is 1130. The molecule has 0 bridgehead atoms. The summed E-state index contributed by atoms with van der Waals surface area (Å²) < 4.78 is 16.5. The first kappa shape index (κ1) is 21.3. The summed E-state index contributed by atoms with van der Waals surface area (Å²) in [5.74, 6) is -0.198. The van der Waals surface area contributed by atoms with E-state index >= 15 is 0 Å². The molecular weight excluding hydrogens is 426 g/mol. The number of hydrogen-bond acceptors (Lipinski definition) is 6. The molecule has 0 aliphatic carbocycles. The number of methoxy groups -OCH3 is 2. The van der Waals surface area contributed by atoms with Crippen molar-refractivity contribution in [2.75, 3.05) is 38.8 Å². The molecule has 0 saturated carbocycles. The Hall–Kier alpha value is -3.59. The van der Waals surface area contributed by atoms with Gasteiger partial charge < -0.3 is 24.4 Å². The summed E-state index contributed by atoms with van der Waals surface area (Å²) in [6, 6.07) is 10.4. The van der Waals surface area contributed by atoms with Crippen molar-refractivity contribution in [2.45, 2.75) is 25.1 Å². The Labute approximate surface area is 191 Å². The second-order valence-electron chi connectivity index (χ2n) is 8.20. The molecule has 0 radical (unpaired) electrons. The van der Waals surface area contributed by atoms with E-state index in [9.17, 15) is 14.4 Å². The summed E-state index contributed by atoms with van der Waals surface area (Å²) >= 11 is 0. The van der Waals surface area contributed by atoms with Crippen LogP contribution >= 0.6 is 0 Å². The van der Waals surface area contributed by atoms with Crippen LogP contribution in [0.5, 0.6) is 11.5 Å². The molecular formula is C24H25N3O6. The van der Waals surface area contributed by atoms with E-state index in [1.807, 2.05) is 0 Å². The molecule has 3 aliphatic rings. The van der Waals surface area contributed by atoms with Crippen molar-refractivity contribution in [3.63, 3.8) is 0 Å². The number of ether oxygens (including phenoxy) is 3. The Kier molecular flexibility index (Phi) is 5.41. The molecule has 1 fully saturated rings. The van der Waals surface area contributed by atoms with Gasteiger partial charge in [-0.25, -0.2) is 0 Å². The van der Waals surface area contributed by atoms with E-state index in [1.165, 1.54) is 19.1 Å². The summed E-state index contributed by atoms with van der Waals surface area (Å²) in [4.78, 5) is 42.9. The molecule has 3 amide bonds. The van der Waals surface area contributed by atoms with Gasteiger partial charge in [0.2, 0.25) is 5.91 Å². The van der Waals surface area contributed by atoms with E-state index in [0.29, 0.717) is 47.0 Å². The smallest absolute Gasteiger partial charge is 0.264 e. The fourth-order valence-electron chi connectivity index (χ4n) is 4.83. The minimum absolute atomic E-state index is 0.00579. The molecule has 0 aromatic heterocycles. The van der Waals surface area contributed by atoms with Crippen LogP contribution in [0.3, 0.4) is 0 Å². The highest BCUT2D eigenvalue weighted by Gasteiger charge is 2.50. The molecule has 33 heavy (non-hydrogen) atoms. The monoisotopic (exact) mass is 451 g/mol. The Morgan fingerprint density at radius 2 is 1.94 bits per heavy atom. The number of carbonyl (C=O) groups excluding carboxylic acids is 3. The van der Waals surface area contributed by atoms with Crippen LogP contribution in [0.4, 0.5) is 5.69 Å². The van der Waals surface area contributed by atoms with Crippen LogP contribution in [0, 0.1) is 0 Å². The third kappa shape index (κ3) is 3.39. The molecule has 3 heterocycles. The van der Waals surface area contributed by atoms with Crippen molar-refractivity contribution in [1.29, 1.82) is 0 Å². The maximum absolute atomic E-state index is 13.6. The summed E-state index contributed by atoms with van der Waals surface area (Å²) in [6.45, 7) is 0.900. The first-order chi connectivity index (χ1) is 16.0. The number of nitrogens with zero attached hydrogens (tertiary/aromatic N) is 2. The van der Waals surface area contributed by atoms with Crippen LogP contribution < -0.4 is 19.7 Å². The highest BCUT2D eigenvalue weighted by molar-refractivity contribution is 6.18. The predicted octanol–water partition coefficient (Wildman–Crippen LogP) is 2.11. The van der Waals surface area contributed by atoms with Gasteiger partial charge in [0, 0.05) is 18.7 Å². The molecule has 1 N–H and O–H groups in total. The van der Waals surface area contributed by atoms with E-state index in [0.717, 1.165) is 12.8 Å². The molecule has 172 valence electrons. The number of benzene rings is 2. The maximum atomic E-state index is 13.6. The molecule has 0 spiro atoms. The average Bonchev–Trinajstić information content (AvgIpc) is 3.46. The van der Waals surface area contributed by atoms with Gasteiger partial charge in [-0.1, -0.05) is 18.2 Å². The average molecular weight is 451 g/mol. The van der Waals surface area contributed by atoms with Crippen molar-refractivity contribution in [3.05, 3.63) is 53.1 Å². The predicted molar refractivity (Wildman–Crippen MR) is 119 cm³/mol. The largest absolute Gasteiger partial charge is 0.493 e. The number of fused-ring (bicyclic) bond motifs is 5. The molecule has 3 aliphatic heterocycles. The minimum Gasteiger partial charge on any atom is -0.493 e. The van der Waals surface area contributed by atoms with Gasteiger partial charge in [-0.15, -0.1) is 0 Å². The fourth-order valence-corrected chi connectivity index (χ4v) is 4.83. The van der Waals surface area contributed by atoms with Crippen molar-refractivity contribution in [3.8, 4) is 11.5 Å². The first-order valence-corrected chi connectivity index (χ1v) is 10.9. The third-order valence-electron chi connectivity index (χ3n) is 6.35. The standard InChI is InChI=1S/C24H25N3O6/c1-31-18-10-9-16-20(21(18)32-2)24(30)27-17-8-4-3-7-15(17)23(29)26(22(16)27)13-19(28)25-12-14-6-5-11-33-14/h3-4,7-10,14,22H,5-6,11-13H2,1-2H3,(H,25,28)/t14-,22-/m0/s1. The SMILES string of the molecule is COc1ccc2c(c1OC)C(=O)N1c3ccccc3C(=O)N(CC(=O)NC[C@@H]3CCCO3)[C@H]21. The van der Waals surface area contributed by atoms with Gasteiger partial charge in [-0.05, 0) is 31.0 Å². The minimum atomic E-state index is -0.761. The van der Waals surface area contributed by atoms with Gasteiger partial charge >= 0.3 is 0 Å². The topological polar surface area (TPSA) is 97.4 Å². The quantitative estimate of drug-likeness (QED) is 0.723. The van der Waals surface area contributed by atoms with Crippen LogP contribution in [0.2, 0.25) is 0 Å². The molecule has 0 unspecified atom stereocenters. The molecule has 2 aromatic carbocycles. The summed E-state index contributed by atoms with van der Waals surface area (Å²) in [5.41, 5.74) is 1.79. The number of carbonyl (C=O) groups is 3. The van der Waals surface area contributed by atoms with E-state index in [4.69, 9.17) is 14.2 Å². The van der Waals surface area contributed by atoms with Gasteiger partial charge in [0.15, 0.2) is 11.5 Å². The molecule has 1 saturated heterocycles. The zero-order chi connectivity index (χ0) is 23.1. The van der Waals surface area contributed by atoms with Gasteiger partial charge in [0.05, 0.1) is 37.1 Å². The second kappa shape index (κ2) is 8.40. The number of hydrogen-bond donors (Lipinski definition) is 1. The molecule has 2 atom stereocenters. The zero-order valence-electron chi connectivity index (χ0n) is 18.5. The van der Waals surface area contributed by atoms with Crippen molar-refractivity contribution >= 4 is 23.4 Å². The lowest BCUT2D eigenvalue weighted by Gasteiger charge is -2.40. The van der Waals surface area contributed by atoms with Gasteiger partial charge in [0.25, 0.3) is 11.8 Å². The van der Waals surface area contributed by atoms with Crippen molar-refractivity contribution in [2.24, 2.45) is 0 Å². The molecule has 9 nitrogen and oxygen atoms in total. The normalized spacial score (nSPS) is 20.9. The number of amides is 3. The number of rotatable bonds is 6. The number of para-hydroxylation sites is 1. The van der Waals surface area contributed by atoms with Crippen LogP contribution in [0.15, 0.2) is 36.4 Å². The first-order valence-electron chi connectivity index (χ1n) is 10.9. The van der Waals surface area contributed by atoms with Crippen molar-refractivity contribution < 1.29 is 28.6 Å². The Morgan fingerprint density at radius 1 is 1.12 bits per heavy atom. The third-order valence-corrected chi connectivity index (χ3v) is 6.35. The van der Waals surface area contributed by atoms with Crippen LogP contribution in [-0.4, -0.2) is 62.6 Å². The van der Waals surface area contributed by atoms with E-state index in [-0.39, 0.29) is 30.4 Å². The Morgan fingerprint density at radius 3 is 2.67 bits per heavy atom. The lowest BCUT2D eigenvalue weighted by molar-refractivity contribution is -0.122. The van der Waals surface area contributed by atoms with E-state index in [1.54, 1.807) is 41.3 Å². The van der Waals surface area contributed by atoms with E-state index < -0.39 is 6.17 Å². The highest BCUT2D eigenvalue weighted by Crippen LogP contribution is 2.49. The van der Waals surface area contributed by atoms with Gasteiger partial charge in [-0.3, -0.25) is 19.3 Å². The highest BCUT2D eigenvalue weighted by atomic mass is 16.5. The van der Waals surface area contributed by atoms with Gasteiger partial charge in [-0.2, -0.15) is 0 Å².